The van der Waals surface area contributed by atoms with Crippen molar-refractivity contribution in [2.24, 2.45) is 17.8 Å². The molecule has 2 fully saturated rings. The number of amides is 2. The van der Waals surface area contributed by atoms with E-state index >= 15 is 0 Å². The minimum atomic E-state index is -0.468. The van der Waals surface area contributed by atoms with Gasteiger partial charge in [-0.3, -0.25) is 4.79 Å². The van der Waals surface area contributed by atoms with E-state index in [4.69, 9.17) is 4.74 Å². The number of nitrogens with one attached hydrogen (secondary N) is 2. The summed E-state index contributed by atoms with van der Waals surface area (Å²) >= 11 is 0. The van der Waals surface area contributed by atoms with Crippen molar-refractivity contribution in [1.82, 2.24) is 15.7 Å². The zero-order valence-electron chi connectivity index (χ0n) is 20.7. The van der Waals surface area contributed by atoms with Gasteiger partial charge in [0.1, 0.15) is 6.61 Å². The van der Waals surface area contributed by atoms with Crippen LogP contribution in [0.2, 0.25) is 0 Å². The second kappa shape index (κ2) is 10.9. The molecule has 0 aromatic heterocycles. The Morgan fingerprint density at radius 2 is 1.88 bits per heavy atom. The largest absolute Gasteiger partial charge is 0.445 e. The highest BCUT2D eigenvalue weighted by Gasteiger charge is 2.45. The zero-order valence-corrected chi connectivity index (χ0v) is 20.7. The first-order chi connectivity index (χ1) is 15.5. The number of carbonyl (C=O) groups excluding carboxylic acids is 2. The highest BCUT2D eigenvalue weighted by molar-refractivity contribution is 5.77. The van der Waals surface area contributed by atoms with E-state index in [9.17, 15) is 14.8 Å². The highest BCUT2D eigenvalue weighted by atomic mass is 16.5. The van der Waals surface area contributed by atoms with E-state index in [1.807, 2.05) is 51.1 Å². The van der Waals surface area contributed by atoms with E-state index in [0.717, 1.165) is 23.5 Å². The molecule has 5 unspecified atom stereocenters. The molecule has 33 heavy (non-hydrogen) atoms. The topological polar surface area (TPSA) is 90.6 Å². The second-order valence-corrected chi connectivity index (χ2v) is 11.0. The Balaban J connectivity index is 1.46. The van der Waals surface area contributed by atoms with Crippen LogP contribution in [0.15, 0.2) is 30.3 Å². The summed E-state index contributed by atoms with van der Waals surface area (Å²) < 4.78 is 5.41. The first-order valence-corrected chi connectivity index (χ1v) is 12.3. The third-order valence-corrected chi connectivity index (χ3v) is 6.92. The SMILES string of the molecule is CC(C)CC(NC(=O)OCc1ccccc1)C1CC1CC(=O)NC1CC(C)N([O])C(C)(C)C1. The first kappa shape index (κ1) is 25.5. The number of rotatable bonds is 9. The molecular weight excluding hydrogens is 418 g/mol. The molecule has 1 aromatic rings. The fraction of sp³-hybridized carbons (Fsp3) is 0.692. The molecule has 7 heteroatoms. The number of hydrogen-bond donors (Lipinski definition) is 2. The normalized spacial score (nSPS) is 27.6. The molecule has 3 rings (SSSR count). The number of benzene rings is 1. The Kier molecular flexibility index (Phi) is 8.40. The van der Waals surface area contributed by atoms with Crippen LogP contribution in [0.4, 0.5) is 4.79 Å². The number of carbonyl (C=O) groups is 2. The molecule has 1 aliphatic carbocycles. The van der Waals surface area contributed by atoms with Gasteiger partial charge in [0.25, 0.3) is 0 Å². The van der Waals surface area contributed by atoms with Crippen molar-refractivity contribution in [1.29, 1.82) is 0 Å². The average molecular weight is 459 g/mol. The van der Waals surface area contributed by atoms with Gasteiger partial charge < -0.3 is 15.4 Å². The molecule has 1 saturated carbocycles. The number of alkyl carbamates (subject to hydrolysis) is 1. The molecule has 1 aliphatic heterocycles. The maximum absolute atomic E-state index is 12.7. The van der Waals surface area contributed by atoms with Crippen LogP contribution in [-0.4, -0.2) is 40.7 Å². The Labute approximate surface area is 198 Å². The molecule has 2 amide bonds. The number of piperidine rings is 1. The summed E-state index contributed by atoms with van der Waals surface area (Å²) in [6.45, 7) is 10.3. The molecule has 1 radical (unpaired) electrons. The highest BCUT2D eigenvalue weighted by Crippen LogP contribution is 2.45. The average Bonchev–Trinajstić information content (AvgIpc) is 3.49. The monoisotopic (exact) mass is 458 g/mol. The lowest BCUT2D eigenvalue weighted by molar-refractivity contribution is -0.258. The third-order valence-electron chi connectivity index (χ3n) is 6.92. The molecule has 7 nitrogen and oxygen atoms in total. The maximum atomic E-state index is 12.7. The minimum absolute atomic E-state index is 0.00808. The molecule has 2 aliphatic rings. The van der Waals surface area contributed by atoms with Gasteiger partial charge >= 0.3 is 6.09 Å². The van der Waals surface area contributed by atoms with E-state index in [-0.39, 0.29) is 36.6 Å². The molecule has 1 heterocycles. The lowest BCUT2D eigenvalue weighted by Crippen LogP contribution is -2.57. The van der Waals surface area contributed by atoms with Crippen molar-refractivity contribution < 1.29 is 19.5 Å². The summed E-state index contributed by atoms with van der Waals surface area (Å²) in [5.74, 6) is 1.04. The minimum Gasteiger partial charge on any atom is -0.445 e. The van der Waals surface area contributed by atoms with Crippen molar-refractivity contribution in [3.63, 3.8) is 0 Å². The fourth-order valence-electron chi connectivity index (χ4n) is 5.28. The molecule has 2 N–H and O–H groups in total. The van der Waals surface area contributed by atoms with Crippen molar-refractivity contribution in [2.75, 3.05) is 0 Å². The van der Waals surface area contributed by atoms with Gasteiger partial charge in [-0.1, -0.05) is 44.2 Å². The summed E-state index contributed by atoms with van der Waals surface area (Å²) in [5.41, 5.74) is 0.485. The van der Waals surface area contributed by atoms with E-state index in [2.05, 4.69) is 24.5 Å². The molecular formula is C26H40N3O4. The molecule has 0 spiro atoms. The fourth-order valence-corrected chi connectivity index (χ4v) is 5.28. The molecule has 5 atom stereocenters. The van der Waals surface area contributed by atoms with Gasteiger partial charge in [0.05, 0.1) is 0 Å². The zero-order chi connectivity index (χ0) is 24.2. The van der Waals surface area contributed by atoms with E-state index in [1.54, 1.807) is 0 Å². The lowest BCUT2D eigenvalue weighted by atomic mass is 9.85. The van der Waals surface area contributed by atoms with Crippen LogP contribution >= 0.6 is 0 Å². The Hall–Kier alpha value is -2.12. The lowest BCUT2D eigenvalue weighted by Gasteiger charge is -2.44. The molecule has 183 valence electrons. The quantitative estimate of drug-likeness (QED) is 0.572. The number of ether oxygens (including phenoxy) is 1. The smallest absolute Gasteiger partial charge is 0.407 e. The number of hydroxylamine groups is 2. The van der Waals surface area contributed by atoms with Gasteiger partial charge in [-0.2, -0.15) is 0 Å². The van der Waals surface area contributed by atoms with Gasteiger partial charge in [0.2, 0.25) is 5.91 Å². The third kappa shape index (κ3) is 7.44. The van der Waals surface area contributed by atoms with Crippen LogP contribution in [0.5, 0.6) is 0 Å². The van der Waals surface area contributed by atoms with Crippen LogP contribution in [0.3, 0.4) is 0 Å². The van der Waals surface area contributed by atoms with Gasteiger partial charge in [-0.25, -0.2) is 4.79 Å². The van der Waals surface area contributed by atoms with Crippen molar-refractivity contribution in [3.8, 4) is 0 Å². The van der Waals surface area contributed by atoms with Crippen molar-refractivity contribution in [3.05, 3.63) is 35.9 Å². The predicted molar refractivity (Wildman–Crippen MR) is 126 cm³/mol. The number of hydrogen-bond acceptors (Lipinski definition) is 4. The number of nitrogens with zero attached hydrogens (tertiary/aromatic N) is 1. The summed E-state index contributed by atoms with van der Waals surface area (Å²) in [5, 5.41) is 19.6. The van der Waals surface area contributed by atoms with E-state index in [1.165, 1.54) is 0 Å². The van der Waals surface area contributed by atoms with Crippen molar-refractivity contribution >= 4 is 12.0 Å². The Morgan fingerprint density at radius 1 is 1.18 bits per heavy atom. The Morgan fingerprint density at radius 3 is 2.52 bits per heavy atom. The van der Waals surface area contributed by atoms with E-state index in [0.29, 0.717) is 31.1 Å². The van der Waals surface area contributed by atoms with Gasteiger partial charge in [0.15, 0.2) is 0 Å². The molecule has 1 saturated heterocycles. The summed E-state index contributed by atoms with van der Waals surface area (Å²) in [6.07, 6.45) is 3.19. The maximum Gasteiger partial charge on any atom is 0.407 e. The summed E-state index contributed by atoms with van der Waals surface area (Å²) in [7, 11) is 0. The van der Waals surface area contributed by atoms with Crippen LogP contribution in [0.25, 0.3) is 0 Å². The predicted octanol–water partition coefficient (Wildman–Crippen LogP) is 4.45. The first-order valence-electron chi connectivity index (χ1n) is 12.3. The summed E-state index contributed by atoms with van der Waals surface area (Å²) in [6, 6.07) is 9.56. The van der Waals surface area contributed by atoms with Gasteiger partial charge in [0, 0.05) is 30.1 Å². The van der Waals surface area contributed by atoms with Crippen LogP contribution in [-0.2, 0) is 21.3 Å². The van der Waals surface area contributed by atoms with Crippen molar-refractivity contribution in [2.45, 2.75) is 97.0 Å². The Bertz CT molecular complexity index is 798. The molecule has 0 bridgehead atoms. The van der Waals surface area contributed by atoms with E-state index < -0.39 is 11.6 Å². The molecule has 1 aromatic carbocycles. The summed E-state index contributed by atoms with van der Waals surface area (Å²) in [4.78, 5) is 25.1. The van der Waals surface area contributed by atoms with Gasteiger partial charge in [-0.05, 0) is 69.8 Å². The van der Waals surface area contributed by atoms with Crippen LogP contribution < -0.4 is 10.6 Å². The van der Waals surface area contributed by atoms with Crippen LogP contribution in [0, 0.1) is 17.8 Å². The second-order valence-electron chi connectivity index (χ2n) is 11.0. The van der Waals surface area contributed by atoms with Crippen LogP contribution in [0.1, 0.15) is 72.3 Å². The van der Waals surface area contributed by atoms with Gasteiger partial charge in [-0.15, -0.1) is 10.3 Å². The standard InChI is InChI=1S/C26H40N3O4/c1-17(2)11-23(28-25(31)33-16-19-9-7-6-8-10-19)22-13-20(22)14-24(30)27-21-12-18(3)29(32)26(4,5)15-21/h6-10,17-18,20-23H,11-16H2,1-5H3,(H,27,30)(H,28,31).